The fourth-order valence-corrected chi connectivity index (χ4v) is 9.68. The van der Waals surface area contributed by atoms with Gasteiger partial charge in [0.25, 0.3) is 0 Å². The van der Waals surface area contributed by atoms with Crippen LogP contribution in [0.15, 0.2) is 164 Å². The number of aromatic nitrogens is 4. The molecule has 5 heteroatoms. The molecule has 0 aliphatic heterocycles. The molecular formula is C51H36N4S. The summed E-state index contributed by atoms with van der Waals surface area (Å²) in [5.74, 6) is 2.03. The summed E-state index contributed by atoms with van der Waals surface area (Å²) in [7, 11) is 0. The Balaban J connectivity index is 1.12. The molecule has 0 bridgehead atoms. The van der Waals surface area contributed by atoms with E-state index in [1.165, 1.54) is 48.0 Å². The molecule has 266 valence electrons. The normalized spacial score (nSPS) is 13.8. The summed E-state index contributed by atoms with van der Waals surface area (Å²) in [4.78, 5) is 15.3. The maximum atomic E-state index is 5.16. The molecule has 3 aromatic heterocycles. The topological polar surface area (TPSA) is 43.6 Å². The molecule has 0 atom stereocenters. The lowest BCUT2D eigenvalue weighted by atomic mass is 9.95. The maximum absolute atomic E-state index is 5.16. The second-order valence-corrected chi connectivity index (χ2v) is 15.7. The van der Waals surface area contributed by atoms with Crippen molar-refractivity contribution < 1.29 is 0 Å². The van der Waals surface area contributed by atoms with Crippen LogP contribution in [0.25, 0.3) is 93.4 Å². The largest absolute Gasteiger partial charge is 0.312 e. The van der Waals surface area contributed by atoms with Gasteiger partial charge in [0, 0.05) is 54.5 Å². The molecule has 0 amide bonds. The first kappa shape index (κ1) is 32.7. The molecule has 0 saturated heterocycles. The minimum absolute atomic E-state index is 0.660. The van der Waals surface area contributed by atoms with Gasteiger partial charge in [0.05, 0.1) is 10.2 Å². The molecule has 2 aliphatic rings. The zero-order valence-electron chi connectivity index (χ0n) is 30.7. The van der Waals surface area contributed by atoms with Gasteiger partial charge in [0.1, 0.15) is 0 Å². The molecule has 2 aliphatic carbocycles. The van der Waals surface area contributed by atoms with E-state index >= 15 is 0 Å². The molecule has 6 aromatic carbocycles. The van der Waals surface area contributed by atoms with Gasteiger partial charge in [-0.1, -0.05) is 134 Å². The maximum Gasteiger partial charge on any atom is 0.164 e. The van der Waals surface area contributed by atoms with Crippen molar-refractivity contribution in [2.24, 2.45) is 0 Å². The van der Waals surface area contributed by atoms with Gasteiger partial charge in [0.2, 0.25) is 0 Å². The van der Waals surface area contributed by atoms with Crippen molar-refractivity contribution in [3.8, 4) is 50.7 Å². The monoisotopic (exact) mass is 736 g/mol. The summed E-state index contributed by atoms with van der Waals surface area (Å²) in [6.45, 7) is 0. The van der Waals surface area contributed by atoms with Gasteiger partial charge >= 0.3 is 0 Å². The van der Waals surface area contributed by atoms with Crippen LogP contribution in [0, 0.1) is 0 Å². The summed E-state index contributed by atoms with van der Waals surface area (Å²) < 4.78 is 5.21. The Morgan fingerprint density at radius 1 is 0.482 bits per heavy atom. The first-order valence-electron chi connectivity index (χ1n) is 19.4. The minimum atomic E-state index is 0.660. The van der Waals surface area contributed by atoms with E-state index in [1.54, 1.807) is 0 Å². The highest BCUT2D eigenvalue weighted by Gasteiger charge is 2.23. The number of hydrogen-bond donors (Lipinski definition) is 0. The van der Waals surface area contributed by atoms with Gasteiger partial charge in [-0.25, -0.2) is 15.0 Å². The molecule has 3 heterocycles. The van der Waals surface area contributed by atoms with Crippen molar-refractivity contribution in [1.29, 1.82) is 0 Å². The average molecular weight is 737 g/mol. The van der Waals surface area contributed by atoms with Crippen LogP contribution in [0.4, 0.5) is 0 Å². The average Bonchev–Trinajstić information content (AvgIpc) is 3.83. The highest BCUT2D eigenvalue weighted by molar-refractivity contribution is 7.26. The van der Waals surface area contributed by atoms with Gasteiger partial charge in [0.15, 0.2) is 17.5 Å². The van der Waals surface area contributed by atoms with E-state index < -0.39 is 0 Å². The van der Waals surface area contributed by atoms with Crippen LogP contribution in [0.3, 0.4) is 0 Å². The number of benzene rings is 6. The van der Waals surface area contributed by atoms with Gasteiger partial charge in [-0.05, 0) is 84.3 Å². The third kappa shape index (κ3) is 5.62. The Labute approximate surface area is 329 Å². The Morgan fingerprint density at radius 2 is 1.16 bits per heavy atom. The predicted molar refractivity (Wildman–Crippen MR) is 235 cm³/mol. The van der Waals surface area contributed by atoms with E-state index in [4.69, 9.17) is 15.0 Å². The van der Waals surface area contributed by atoms with Crippen LogP contribution in [0.5, 0.6) is 0 Å². The van der Waals surface area contributed by atoms with Crippen LogP contribution >= 0.6 is 11.3 Å². The Morgan fingerprint density at radius 3 is 1.98 bits per heavy atom. The molecule has 11 rings (SSSR count). The van der Waals surface area contributed by atoms with Gasteiger partial charge in [-0.2, -0.15) is 0 Å². The lowest BCUT2D eigenvalue weighted by molar-refractivity contribution is 0.890. The third-order valence-corrected chi connectivity index (χ3v) is 12.3. The van der Waals surface area contributed by atoms with Crippen LogP contribution in [-0.4, -0.2) is 19.5 Å². The van der Waals surface area contributed by atoms with Crippen LogP contribution in [0.1, 0.15) is 36.3 Å². The van der Waals surface area contributed by atoms with Gasteiger partial charge in [-0.3, -0.25) is 0 Å². The van der Waals surface area contributed by atoms with Crippen molar-refractivity contribution in [3.05, 3.63) is 181 Å². The third-order valence-electron chi connectivity index (χ3n) is 11.1. The Kier molecular flexibility index (Phi) is 7.92. The standard InChI is InChI=1S/C51H36N4S/c1-4-15-33(16-5-1)37-29-38(31-39(30-37)51-53-49(34-17-6-2-7-18-34)52-50(54-51)35-19-8-3-9-20-35)36-21-14-22-40(32-36)55-45-25-12-10-23-41(45)43-27-28-44-42-24-11-13-26-46(42)56-48(44)47(43)55/h1-2,4-8,10-11,13-24,26-32H,3,9,12,25H2. The summed E-state index contributed by atoms with van der Waals surface area (Å²) >= 11 is 1.90. The second-order valence-electron chi connectivity index (χ2n) is 14.6. The van der Waals surface area contributed by atoms with Crippen molar-refractivity contribution in [2.45, 2.75) is 25.7 Å². The van der Waals surface area contributed by atoms with E-state index in [0.29, 0.717) is 17.5 Å². The quantitative estimate of drug-likeness (QED) is 0.171. The molecule has 0 unspecified atom stereocenters. The molecule has 0 fully saturated rings. The molecule has 9 aromatic rings. The summed E-state index contributed by atoms with van der Waals surface area (Å²) in [5.41, 5.74) is 12.7. The predicted octanol–water partition coefficient (Wildman–Crippen LogP) is 13.5. The number of allylic oxidation sites excluding steroid dienone is 5. The van der Waals surface area contributed by atoms with E-state index in [-0.39, 0.29) is 0 Å². The number of hydrogen-bond acceptors (Lipinski definition) is 4. The molecule has 0 spiro atoms. The fourth-order valence-electron chi connectivity index (χ4n) is 8.44. The first-order chi connectivity index (χ1) is 27.7. The zero-order chi connectivity index (χ0) is 37.0. The molecule has 4 nitrogen and oxygen atoms in total. The van der Waals surface area contributed by atoms with Crippen LogP contribution < -0.4 is 0 Å². The van der Waals surface area contributed by atoms with E-state index in [9.17, 15) is 0 Å². The number of rotatable bonds is 6. The lowest BCUT2D eigenvalue weighted by Crippen LogP contribution is -2.04. The summed E-state index contributed by atoms with van der Waals surface area (Å²) in [6, 6.07) is 50.2. The van der Waals surface area contributed by atoms with E-state index in [0.717, 1.165) is 64.6 Å². The van der Waals surface area contributed by atoms with Crippen molar-refractivity contribution in [2.75, 3.05) is 0 Å². The smallest absolute Gasteiger partial charge is 0.164 e. The lowest BCUT2D eigenvalue weighted by Gasteiger charge is -2.16. The SMILES string of the molecule is C1=CC(c2nc(-c3ccccc3)nc(-c3cc(-c4ccccc4)cc(-c4cccc(-n5c6c(c7ccc8c9ccccc9sc8c75)C=CCC6)c4)c3)n2)=CCC1. The number of thiophene rings is 1. The van der Waals surface area contributed by atoms with Gasteiger partial charge in [-0.15, -0.1) is 11.3 Å². The summed E-state index contributed by atoms with van der Waals surface area (Å²) in [6.07, 6.45) is 15.3. The van der Waals surface area contributed by atoms with Crippen molar-refractivity contribution in [1.82, 2.24) is 19.5 Å². The van der Waals surface area contributed by atoms with Crippen molar-refractivity contribution in [3.63, 3.8) is 0 Å². The number of nitrogens with zero attached hydrogens (tertiary/aromatic N) is 4. The highest BCUT2D eigenvalue weighted by Crippen LogP contribution is 2.44. The number of fused-ring (bicyclic) bond motifs is 7. The van der Waals surface area contributed by atoms with E-state index in [2.05, 4.69) is 156 Å². The van der Waals surface area contributed by atoms with E-state index in [1.807, 2.05) is 29.5 Å². The van der Waals surface area contributed by atoms with Crippen molar-refractivity contribution >= 4 is 54.1 Å². The van der Waals surface area contributed by atoms with Gasteiger partial charge < -0.3 is 4.57 Å². The summed E-state index contributed by atoms with van der Waals surface area (Å²) in [5, 5.41) is 3.96. The Hall–Kier alpha value is -6.69. The fraction of sp³-hybridized carbons (Fsp3) is 0.0784. The first-order valence-corrected chi connectivity index (χ1v) is 20.2. The highest BCUT2D eigenvalue weighted by atomic mass is 32.1. The van der Waals surface area contributed by atoms with Crippen LogP contribution in [-0.2, 0) is 6.42 Å². The molecule has 0 N–H and O–H groups in total. The molecule has 0 saturated carbocycles. The molecular weight excluding hydrogens is 701 g/mol. The molecule has 0 radical (unpaired) electrons. The minimum Gasteiger partial charge on any atom is -0.312 e. The molecule has 56 heavy (non-hydrogen) atoms. The zero-order valence-corrected chi connectivity index (χ0v) is 31.5. The Bertz CT molecular complexity index is 3070. The second kappa shape index (κ2) is 13.6. The van der Waals surface area contributed by atoms with Crippen LogP contribution in [0.2, 0.25) is 0 Å².